The van der Waals surface area contributed by atoms with E-state index in [0.29, 0.717) is 0 Å². The predicted octanol–water partition coefficient (Wildman–Crippen LogP) is 4.02. The van der Waals surface area contributed by atoms with Crippen molar-refractivity contribution in [2.75, 3.05) is 0 Å². The van der Waals surface area contributed by atoms with Crippen molar-refractivity contribution in [1.29, 1.82) is 0 Å². The lowest BCUT2D eigenvalue weighted by atomic mass is 10.2. The normalized spacial score (nSPS) is 10.4. The molecule has 1 aromatic carbocycles. The summed E-state index contributed by atoms with van der Waals surface area (Å²) in [6.07, 6.45) is 1.29. The van der Waals surface area contributed by atoms with Crippen LogP contribution in [0.15, 0.2) is 24.4 Å². The van der Waals surface area contributed by atoms with Gasteiger partial charge in [-0.05, 0) is 36.2 Å². The second-order valence-electron chi connectivity index (χ2n) is 3.33. The predicted molar refractivity (Wildman–Crippen MR) is 63.3 cm³/mol. The summed E-state index contributed by atoms with van der Waals surface area (Å²) in [7, 11) is 0. The maximum atomic E-state index is 13.4. The van der Waals surface area contributed by atoms with Crippen LogP contribution in [0.2, 0.25) is 10.3 Å². The molecule has 0 saturated carbocycles. The van der Waals surface area contributed by atoms with E-state index >= 15 is 0 Å². The number of benzene rings is 1. The average molecular weight is 273 g/mol. The number of nitrogens with zero attached hydrogens (tertiary/aromatic N) is 2. The molecule has 3 nitrogen and oxygen atoms in total. The smallest absolute Gasteiger partial charge is 0.242 e. The van der Waals surface area contributed by atoms with E-state index in [2.05, 4.69) is 9.97 Å². The van der Waals surface area contributed by atoms with E-state index in [1.165, 1.54) is 12.3 Å². The molecule has 17 heavy (non-hydrogen) atoms. The van der Waals surface area contributed by atoms with Crippen LogP contribution in [0.3, 0.4) is 0 Å². The number of hydrogen-bond donors (Lipinski definition) is 0. The van der Waals surface area contributed by atoms with Gasteiger partial charge in [0, 0.05) is 0 Å². The van der Waals surface area contributed by atoms with Crippen molar-refractivity contribution in [3.05, 3.63) is 46.1 Å². The quantitative estimate of drug-likeness (QED) is 0.775. The second-order valence-corrected chi connectivity index (χ2v) is 4.07. The molecule has 0 aliphatic rings. The molecule has 0 aliphatic heterocycles. The number of halogens is 3. The summed E-state index contributed by atoms with van der Waals surface area (Å²) in [5.41, 5.74) is 0.859. The molecule has 1 heterocycles. The Kier molecular flexibility index (Phi) is 3.45. The Morgan fingerprint density at radius 1 is 1.29 bits per heavy atom. The highest BCUT2D eigenvalue weighted by molar-refractivity contribution is 6.32. The molecule has 0 fully saturated rings. The Bertz CT molecular complexity index is 514. The highest BCUT2D eigenvalue weighted by Gasteiger charge is 2.10. The van der Waals surface area contributed by atoms with E-state index in [0.717, 1.165) is 5.56 Å². The van der Waals surface area contributed by atoms with E-state index in [4.69, 9.17) is 27.9 Å². The minimum Gasteiger partial charge on any atom is -0.434 e. The van der Waals surface area contributed by atoms with E-state index in [-0.39, 0.29) is 21.9 Å². The molecular formula is C11H7Cl2FN2O. The number of aryl methyl sites for hydroxylation is 1. The summed E-state index contributed by atoms with van der Waals surface area (Å²) >= 11 is 11.4. The molecule has 0 spiro atoms. The first kappa shape index (κ1) is 12.1. The monoisotopic (exact) mass is 272 g/mol. The Labute approximate surface area is 107 Å². The molecule has 2 rings (SSSR count). The van der Waals surface area contributed by atoms with Crippen molar-refractivity contribution in [2.24, 2.45) is 0 Å². The molecular weight excluding hydrogens is 266 g/mol. The standard InChI is InChI=1S/C11H7Cl2FN2O/c1-6-2-3-8(14)9(4-6)17-10-7(12)5-15-11(13)16-10/h2-5H,1H3. The summed E-state index contributed by atoms with van der Waals surface area (Å²) in [4.78, 5) is 7.44. The van der Waals surface area contributed by atoms with Crippen molar-refractivity contribution in [3.63, 3.8) is 0 Å². The fraction of sp³-hybridized carbons (Fsp3) is 0.0909. The minimum atomic E-state index is -0.499. The summed E-state index contributed by atoms with van der Waals surface area (Å²) in [5, 5.41) is 0.146. The van der Waals surface area contributed by atoms with Crippen LogP contribution in [-0.4, -0.2) is 9.97 Å². The highest BCUT2D eigenvalue weighted by Crippen LogP contribution is 2.29. The molecule has 0 N–H and O–H groups in total. The Hall–Kier alpha value is -1.39. The van der Waals surface area contributed by atoms with Gasteiger partial charge in [0.05, 0.1) is 6.20 Å². The van der Waals surface area contributed by atoms with Gasteiger partial charge in [-0.1, -0.05) is 17.7 Å². The van der Waals surface area contributed by atoms with Gasteiger partial charge in [-0.25, -0.2) is 9.37 Å². The zero-order valence-corrected chi connectivity index (χ0v) is 10.3. The van der Waals surface area contributed by atoms with Crippen molar-refractivity contribution < 1.29 is 9.13 Å². The molecule has 2 aromatic rings. The molecule has 88 valence electrons. The first-order chi connectivity index (χ1) is 8.06. The van der Waals surface area contributed by atoms with Crippen molar-refractivity contribution in [2.45, 2.75) is 6.92 Å². The molecule has 0 amide bonds. The molecule has 0 saturated heterocycles. The Balaban J connectivity index is 2.37. The van der Waals surface area contributed by atoms with Gasteiger partial charge < -0.3 is 4.74 Å². The topological polar surface area (TPSA) is 35.0 Å². The molecule has 0 unspecified atom stereocenters. The summed E-state index contributed by atoms with van der Waals surface area (Å²) in [6.45, 7) is 1.82. The average Bonchev–Trinajstić information content (AvgIpc) is 2.28. The number of aromatic nitrogens is 2. The van der Waals surface area contributed by atoms with Gasteiger partial charge in [0.1, 0.15) is 5.02 Å². The molecule has 6 heteroatoms. The lowest BCUT2D eigenvalue weighted by Gasteiger charge is -2.07. The van der Waals surface area contributed by atoms with Crippen LogP contribution < -0.4 is 4.74 Å². The third kappa shape index (κ3) is 2.84. The van der Waals surface area contributed by atoms with Crippen LogP contribution in [0, 0.1) is 12.7 Å². The SMILES string of the molecule is Cc1ccc(F)c(Oc2nc(Cl)ncc2Cl)c1. The maximum Gasteiger partial charge on any atom is 0.242 e. The van der Waals surface area contributed by atoms with Crippen LogP contribution in [0.5, 0.6) is 11.6 Å². The number of ether oxygens (including phenoxy) is 1. The fourth-order valence-electron chi connectivity index (χ4n) is 1.20. The lowest BCUT2D eigenvalue weighted by Crippen LogP contribution is -1.94. The van der Waals surface area contributed by atoms with Crippen LogP contribution in [-0.2, 0) is 0 Å². The van der Waals surface area contributed by atoms with E-state index in [1.54, 1.807) is 12.1 Å². The highest BCUT2D eigenvalue weighted by atomic mass is 35.5. The number of rotatable bonds is 2. The molecule has 0 aliphatic carbocycles. The second kappa shape index (κ2) is 4.85. The van der Waals surface area contributed by atoms with Crippen LogP contribution in [0.1, 0.15) is 5.56 Å². The van der Waals surface area contributed by atoms with Crippen LogP contribution in [0.4, 0.5) is 4.39 Å². The van der Waals surface area contributed by atoms with Gasteiger partial charge in [-0.2, -0.15) is 4.98 Å². The van der Waals surface area contributed by atoms with Gasteiger partial charge in [0.25, 0.3) is 0 Å². The zero-order valence-electron chi connectivity index (χ0n) is 8.75. The zero-order chi connectivity index (χ0) is 12.4. The third-order valence-corrected chi connectivity index (χ3v) is 2.42. The van der Waals surface area contributed by atoms with Crippen LogP contribution >= 0.6 is 23.2 Å². The molecule has 0 bridgehead atoms. The minimum absolute atomic E-state index is 0.0162. The summed E-state index contributed by atoms with van der Waals surface area (Å²) in [6, 6.07) is 4.49. The van der Waals surface area contributed by atoms with Crippen LogP contribution in [0.25, 0.3) is 0 Å². The van der Waals surface area contributed by atoms with Gasteiger partial charge in [-0.15, -0.1) is 0 Å². The maximum absolute atomic E-state index is 13.4. The van der Waals surface area contributed by atoms with E-state index in [1.807, 2.05) is 6.92 Å². The summed E-state index contributed by atoms with van der Waals surface area (Å²) in [5.74, 6) is -0.431. The van der Waals surface area contributed by atoms with Crippen molar-refractivity contribution >= 4 is 23.2 Å². The molecule has 0 radical (unpaired) electrons. The fourth-order valence-corrected chi connectivity index (χ4v) is 1.45. The third-order valence-electron chi connectivity index (χ3n) is 1.98. The Morgan fingerprint density at radius 3 is 2.82 bits per heavy atom. The molecule has 0 atom stereocenters. The summed E-state index contributed by atoms with van der Waals surface area (Å²) < 4.78 is 18.7. The van der Waals surface area contributed by atoms with Gasteiger partial charge in [0.15, 0.2) is 11.6 Å². The van der Waals surface area contributed by atoms with Gasteiger partial charge in [-0.3, -0.25) is 0 Å². The van der Waals surface area contributed by atoms with Crippen molar-refractivity contribution in [3.8, 4) is 11.6 Å². The van der Waals surface area contributed by atoms with Crippen molar-refractivity contribution in [1.82, 2.24) is 9.97 Å². The van der Waals surface area contributed by atoms with E-state index < -0.39 is 5.82 Å². The van der Waals surface area contributed by atoms with E-state index in [9.17, 15) is 4.39 Å². The number of hydrogen-bond acceptors (Lipinski definition) is 3. The van der Waals surface area contributed by atoms with Gasteiger partial charge >= 0.3 is 0 Å². The largest absolute Gasteiger partial charge is 0.434 e. The first-order valence-corrected chi connectivity index (χ1v) is 5.44. The molecule has 1 aromatic heterocycles. The Morgan fingerprint density at radius 2 is 2.06 bits per heavy atom. The first-order valence-electron chi connectivity index (χ1n) is 4.68. The lowest BCUT2D eigenvalue weighted by molar-refractivity contribution is 0.426. The van der Waals surface area contributed by atoms with Gasteiger partial charge in [0.2, 0.25) is 11.2 Å².